The van der Waals surface area contributed by atoms with Crippen molar-refractivity contribution in [3.05, 3.63) is 0 Å². The summed E-state index contributed by atoms with van der Waals surface area (Å²) in [5, 5.41) is 3.68. The zero-order valence-electron chi connectivity index (χ0n) is 15.8. The smallest absolute Gasteiger partial charge is 0.0128 e. The van der Waals surface area contributed by atoms with Gasteiger partial charge in [-0.2, -0.15) is 0 Å². The van der Waals surface area contributed by atoms with Crippen molar-refractivity contribution in [2.75, 3.05) is 26.2 Å². The molecule has 0 aromatic carbocycles. The largest absolute Gasteiger partial charge is 0.310 e. The van der Waals surface area contributed by atoms with Gasteiger partial charge in [-0.25, -0.2) is 0 Å². The van der Waals surface area contributed by atoms with E-state index in [2.05, 4.69) is 70.5 Å². The molecule has 1 rings (SSSR count). The minimum atomic E-state index is 0.246. The first-order chi connectivity index (χ1) is 9.51. The van der Waals surface area contributed by atoms with Crippen molar-refractivity contribution < 1.29 is 0 Å². The molecule has 1 atom stereocenters. The molecule has 0 amide bonds. The molecule has 126 valence electrons. The van der Waals surface area contributed by atoms with Crippen LogP contribution in [-0.4, -0.2) is 59.1 Å². The Kier molecular flexibility index (Phi) is 6.70. The number of hydrogen-bond donors (Lipinski definition) is 1. The first-order valence-electron chi connectivity index (χ1n) is 8.78. The Bertz CT molecular complexity index is 296. The molecule has 1 N–H and O–H groups in total. The third-order valence-corrected chi connectivity index (χ3v) is 4.75. The molecule has 0 saturated carbocycles. The average molecular weight is 298 g/mol. The van der Waals surface area contributed by atoms with Crippen LogP contribution in [0.2, 0.25) is 0 Å². The minimum Gasteiger partial charge on any atom is -0.310 e. The molecule has 0 aromatic heterocycles. The van der Waals surface area contributed by atoms with Gasteiger partial charge in [0.25, 0.3) is 0 Å². The first kappa shape index (κ1) is 18.9. The van der Waals surface area contributed by atoms with Gasteiger partial charge in [0, 0.05) is 49.3 Å². The highest BCUT2D eigenvalue weighted by Crippen LogP contribution is 2.20. The molecule has 0 spiro atoms. The van der Waals surface area contributed by atoms with E-state index in [9.17, 15) is 0 Å². The average Bonchev–Trinajstić information content (AvgIpc) is 2.33. The van der Waals surface area contributed by atoms with Crippen molar-refractivity contribution in [3.63, 3.8) is 0 Å². The fraction of sp³-hybridized carbons (Fsp3) is 1.00. The third kappa shape index (κ3) is 6.66. The molecule has 0 radical (unpaired) electrons. The Hall–Kier alpha value is -0.120. The van der Waals surface area contributed by atoms with Crippen LogP contribution < -0.4 is 5.32 Å². The Labute approximate surface area is 133 Å². The molecule has 1 aliphatic rings. The second-order valence-electron chi connectivity index (χ2n) is 8.76. The van der Waals surface area contributed by atoms with Gasteiger partial charge in [0.05, 0.1) is 0 Å². The maximum atomic E-state index is 3.68. The van der Waals surface area contributed by atoms with E-state index in [-0.39, 0.29) is 5.54 Å². The van der Waals surface area contributed by atoms with Crippen LogP contribution in [0, 0.1) is 0 Å². The topological polar surface area (TPSA) is 18.5 Å². The van der Waals surface area contributed by atoms with E-state index in [4.69, 9.17) is 0 Å². The molecule has 3 heteroatoms. The molecule has 1 unspecified atom stereocenters. The number of piperazine rings is 1. The van der Waals surface area contributed by atoms with Crippen molar-refractivity contribution >= 4 is 0 Å². The van der Waals surface area contributed by atoms with Crippen LogP contribution in [0.3, 0.4) is 0 Å². The highest BCUT2D eigenvalue weighted by Gasteiger charge is 2.28. The summed E-state index contributed by atoms with van der Waals surface area (Å²) < 4.78 is 0. The summed E-state index contributed by atoms with van der Waals surface area (Å²) in [6.45, 7) is 23.4. The van der Waals surface area contributed by atoms with Gasteiger partial charge in [0.2, 0.25) is 0 Å². The standard InChI is InChI=1S/C18H39N3/c1-15(2)19-18(7,8)10-9-16(3)20-11-13-21(14-12-20)17(4,5)6/h15-16,19H,9-14H2,1-8H3. The summed E-state index contributed by atoms with van der Waals surface area (Å²) in [5.41, 5.74) is 0.564. The van der Waals surface area contributed by atoms with Crippen LogP contribution in [-0.2, 0) is 0 Å². The van der Waals surface area contributed by atoms with E-state index in [1.807, 2.05) is 0 Å². The lowest BCUT2D eigenvalue weighted by atomic mass is 9.94. The van der Waals surface area contributed by atoms with Crippen molar-refractivity contribution in [2.45, 2.75) is 91.4 Å². The zero-order chi connectivity index (χ0) is 16.3. The number of nitrogens with one attached hydrogen (secondary N) is 1. The van der Waals surface area contributed by atoms with Gasteiger partial charge in [0.15, 0.2) is 0 Å². The maximum Gasteiger partial charge on any atom is 0.0128 e. The van der Waals surface area contributed by atoms with Gasteiger partial charge in [-0.1, -0.05) is 13.8 Å². The van der Waals surface area contributed by atoms with Gasteiger partial charge in [-0.05, 0) is 54.4 Å². The maximum absolute atomic E-state index is 3.68. The minimum absolute atomic E-state index is 0.246. The van der Waals surface area contributed by atoms with Crippen molar-refractivity contribution in [3.8, 4) is 0 Å². The van der Waals surface area contributed by atoms with Gasteiger partial charge < -0.3 is 5.32 Å². The second-order valence-corrected chi connectivity index (χ2v) is 8.76. The first-order valence-corrected chi connectivity index (χ1v) is 8.78. The Morgan fingerprint density at radius 2 is 1.43 bits per heavy atom. The predicted molar refractivity (Wildman–Crippen MR) is 93.9 cm³/mol. The van der Waals surface area contributed by atoms with Crippen LogP contribution >= 0.6 is 0 Å². The quantitative estimate of drug-likeness (QED) is 0.811. The van der Waals surface area contributed by atoms with E-state index < -0.39 is 0 Å². The Morgan fingerprint density at radius 3 is 1.86 bits per heavy atom. The molecule has 0 bridgehead atoms. The molecule has 1 saturated heterocycles. The monoisotopic (exact) mass is 297 g/mol. The molecule has 3 nitrogen and oxygen atoms in total. The van der Waals surface area contributed by atoms with Crippen LogP contribution in [0.25, 0.3) is 0 Å². The normalized spacial score (nSPS) is 21.0. The van der Waals surface area contributed by atoms with E-state index in [1.54, 1.807) is 0 Å². The summed E-state index contributed by atoms with van der Waals surface area (Å²) in [6, 6.07) is 1.26. The lowest BCUT2D eigenvalue weighted by Crippen LogP contribution is -2.55. The van der Waals surface area contributed by atoms with Gasteiger partial charge in [-0.3, -0.25) is 9.80 Å². The summed E-state index contributed by atoms with van der Waals surface area (Å²) in [4.78, 5) is 5.29. The van der Waals surface area contributed by atoms with Gasteiger partial charge in [-0.15, -0.1) is 0 Å². The highest BCUT2D eigenvalue weighted by atomic mass is 15.3. The van der Waals surface area contributed by atoms with E-state index in [0.29, 0.717) is 17.6 Å². The summed E-state index contributed by atoms with van der Waals surface area (Å²) >= 11 is 0. The summed E-state index contributed by atoms with van der Waals surface area (Å²) in [6.07, 6.45) is 2.52. The van der Waals surface area contributed by atoms with Crippen molar-refractivity contribution in [2.24, 2.45) is 0 Å². The van der Waals surface area contributed by atoms with Crippen molar-refractivity contribution in [1.29, 1.82) is 0 Å². The fourth-order valence-electron chi connectivity index (χ4n) is 3.44. The molecule has 1 heterocycles. The van der Waals surface area contributed by atoms with E-state index >= 15 is 0 Å². The fourth-order valence-corrected chi connectivity index (χ4v) is 3.44. The third-order valence-electron chi connectivity index (χ3n) is 4.75. The molecule has 21 heavy (non-hydrogen) atoms. The second kappa shape index (κ2) is 7.43. The van der Waals surface area contributed by atoms with E-state index in [0.717, 1.165) is 0 Å². The highest BCUT2D eigenvalue weighted by molar-refractivity contribution is 4.86. The molecular formula is C18H39N3. The van der Waals surface area contributed by atoms with Crippen LogP contribution in [0.4, 0.5) is 0 Å². The van der Waals surface area contributed by atoms with Crippen LogP contribution in [0.5, 0.6) is 0 Å². The number of rotatable bonds is 6. The van der Waals surface area contributed by atoms with Gasteiger partial charge >= 0.3 is 0 Å². The zero-order valence-corrected chi connectivity index (χ0v) is 15.8. The SMILES string of the molecule is CC(C)NC(C)(C)CCC(C)N1CCN(C(C)(C)C)CC1. The summed E-state index contributed by atoms with van der Waals surface area (Å²) in [7, 11) is 0. The van der Waals surface area contributed by atoms with Crippen LogP contribution in [0.1, 0.15) is 68.2 Å². The predicted octanol–water partition coefficient (Wildman–Crippen LogP) is 3.35. The van der Waals surface area contributed by atoms with Gasteiger partial charge in [0.1, 0.15) is 0 Å². The molecule has 1 aliphatic heterocycles. The Balaban J connectivity index is 2.36. The Morgan fingerprint density at radius 1 is 0.905 bits per heavy atom. The molecule has 0 aliphatic carbocycles. The van der Waals surface area contributed by atoms with E-state index in [1.165, 1.54) is 39.0 Å². The lowest BCUT2D eigenvalue weighted by molar-refractivity contribution is 0.0420. The summed E-state index contributed by atoms with van der Waals surface area (Å²) in [5.74, 6) is 0. The lowest BCUT2D eigenvalue weighted by Gasteiger charge is -2.44. The molecular weight excluding hydrogens is 258 g/mol. The van der Waals surface area contributed by atoms with Crippen LogP contribution in [0.15, 0.2) is 0 Å². The number of nitrogens with zero attached hydrogens (tertiary/aromatic N) is 2. The van der Waals surface area contributed by atoms with Crippen molar-refractivity contribution in [1.82, 2.24) is 15.1 Å². The molecule has 1 fully saturated rings. The number of hydrogen-bond acceptors (Lipinski definition) is 3. The molecule has 0 aromatic rings.